The minimum atomic E-state index is 0.312. The lowest BCUT2D eigenvalue weighted by molar-refractivity contribution is 0.469. The first-order valence-corrected chi connectivity index (χ1v) is 7.56. The average molecular weight is 324 g/mol. The molecule has 0 unspecified atom stereocenters. The molecule has 0 bridgehead atoms. The Kier molecular flexibility index (Phi) is 4.55. The molecule has 4 heteroatoms. The second kappa shape index (κ2) is 6.16. The molecule has 0 spiro atoms. The van der Waals surface area contributed by atoms with Crippen molar-refractivity contribution in [1.82, 2.24) is 0 Å². The van der Waals surface area contributed by atoms with Gasteiger partial charge in [-0.15, -0.1) is 11.8 Å². The fourth-order valence-electron chi connectivity index (χ4n) is 1.63. The molecule has 0 aromatic heterocycles. The Balaban J connectivity index is 2.08. The Labute approximate surface area is 120 Å². The van der Waals surface area contributed by atoms with Gasteiger partial charge in [-0.25, -0.2) is 0 Å². The summed E-state index contributed by atoms with van der Waals surface area (Å²) in [5.74, 6) is 0.312. The van der Waals surface area contributed by atoms with Crippen molar-refractivity contribution < 1.29 is 5.11 Å². The van der Waals surface area contributed by atoms with Gasteiger partial charge in [-0.2, -0.15) is 0 Å². The molecule has 0 aliphatic heterocycles. The molecule has 2 rings (SSSR count). The van der Waals surface area contributed by atoms with E-state index in [-0.39, 0.29) is 0 Å². The smallest absolute Gasteiger partial charge is 0.120 e. The molecule has 0 saturated carbocycles. The van der Waals surface area contributed by atoms with E-state index in [1.54, 1.807) is 17.8 Å². The van der Waals surface area contributed by atoms with Gasteiger partial charge in [0.25, 0.3) is 0 Å². The third-order valence-corrected chi connectivity index (χ3v) is 3.81. The SMILES string of the molecule is CSc1cccc(NCc2cc(Br)ccc2O)c1. The highest BCUT2D eigenvalue weighted by molar-refractivity contribution is 9.10. The number of phenols is 1. The van der Waals surface area contributed by atoms with Gasteiger partial charge in [0.05, 0.1) is 0 Å². The highest BCUT2D eigenvalue weighted by Gasteiger charge is 2.02. The Hall–Kier alpha value is -1.13. The fourth-order valence-corrected chi connectivity index (χ4v) is 2.49. The van der Waals surface area contributed by atoms with Crippen LogP contribution in [0.4, 0.5) is 5.69 Å². The molecule has 0 radical (unpaired) electrons. The average Bonchev–Trinajstić information content (AvgIpc) is 2.40. The van der Waals surface area contributed by atoms with Gasteiger partial charge in [0.1, 0.15) is 5.75 Å². The number of halogens is 1. The predicted octanol–water partition coefficient (Wildman–Crippen LogP) is 4.49. The number of thioether (sulfide) groups is 1. The summed E-state index contributed by atoms with van der Waals surface area (Å²) in [7, 11) is 0. The van der Waals surface area contributed by atoms with Crippen molar-refractivity contribution in [2.24, 2.45) is 0 Å². The Morgan fingerprint density at radius 2 is 2.06 bits per heavy atom. The lowest BCUT2D eigenvalue weighted by atomic mass is 10.2. The molecule has 2 aromatic rings. The minimum Gasteiger partial charge on any atom is -0.508 e. The number of phenolic OH excluding ortho intramolecular Hbond substituents is 1. The molecular formula is C14H14BrNOS. The molecule has 0 atom stereocenters. The third kappa shape index (κ3) is 3.43. The van der Waals surface area contributed by atoms with Crippen molar-refractivity contribution in [2.75, 3.05) is 11.6 Å². The zero-order valence-electron chi connectivity index (χ0n) is 9.98. The van der Waals surface area contributed by atoms with E-state index in [0.717, 1.165) is 15.7 Å². The van der Waals surface area contributed by atoms with Crippen molar-refractivity contribution in [3.8, 4) is 5.75 Å². The van der Waals surface area contributed by atoms with Crippen LogP contribution in [0.15, 0.2) is 51.8 Å². The second-order valence-electron chi connectivity index (χ2n) is 3.86. The molecule has 2 aromatic carbocycles. The van der Waals surface area contributed by atoms with E-state index in [9.17, 15) is 5.11 Å². The van der Waals surface area contributed by atoms with Gasteiger partial charge in [-0.3, -0.25) is 0 Å². The maximum atomic E-state index is 9.75. The number of rotatable bonds is 4. The van der Waals surface area contributed by atoms with Gasteiger partial charge >= 0.3 is 0 Å². The number of anilines is 1. The molecular weight excluding hydrogens is 310 g/mol. The Morgan fingerprint density at radius 3 is 2.83 bits per heavy atom. The zero-order valence-corrected chi connectivity index (χ0v) is 12.4. The van der Waals surface area contributed by atoms with E-state index in [1.807, 2.05) is 24.3 Å². The normalized spacial score (nSPS) is 10.3. The summed E-state index contributed by atoms with van der Waals surface area (Å²) in [5, 5.41) is 13.1. The van der Waals surface area contributed by atoms with Crippen molar-refractivity contribution in [1.29, 1.82) is 0 Å². The van der Waals surface area contributed by atoms with E-state index in [1.165, 1.54) is 4.90 Å². The van der Waals surface area contributed by atoms with Crippen LogP contribution < -0.4 is 5.32 Å². The number of aromatic hydroxyl groups is 1. The standard InChI is InChI=1S/C14H14BrNOS/c1-18-13-4-2-3-12(8-13)16-9-10-7-11(15)5-6-14(10)17/h2-8,16-17H,9H2,1H3. The summed E-state index contributed by atoms with van der Waals surface area (Å²) in [4.78, 5) is 1.22. The molecule has 2 N–H and O–H groups in total. The highest BCUT2D eigenvalue weighted by Crippen LogP contribution is 2.24. The lowest BCUT2D eigenvalue weighted by Gasteiger charge is -2.09. The molecule has 0 saturated heterocycles. The van der Waals surface area contributed by atoms with Crippen molar-refractivity contribution in [3.05, 3.63) is 52.5 Å². The molecule has 0 aliphatic rings. The van der Waals surface area contributed by atoms with Crippen LogP contribution in [-0.2, 0) is 6.54 Å². The van der Waals surface area contributed by atoms with Crippen molar-refractivity contribution in [3.63, 3.8) is 0 Å². The second-order valence-corrected chi connectivity index (χ2v) is 5.65. The monoisotopic (exact) mass is 323 g/mol. The first kappa shape index (κ1) is 13.3. The van der Waals surface area contributed by atoms with E-state index < -0.39 is 0 Å². The summed E-state index contributed by atoms with van der Waals surface area (Å²) < 4.78 is 0.968. The number of hydrogen-bond acceptors (Lipinski definition) is 3. The molecule has 2 nitrogen and oxygen atoms in total. The molecule has 94 valence electrons. The summed E-state index contributed by atoms with van der Waals surface area (Å²) in [6.07, 6.45) is 2.05. The van der Waals surface area contributed by atoms with Crippen LogP contribution in [0.5, 0.6) is 5.75 Å². The van der Waals surface area contributed by atoms with Gasteiger partial charge < -0.3 is 10.4 Å². The van der Waals surface area contributed by atoms with Crippen LogP contribution in [0.25, 0.3) is 0 Å². The quantitative estimate of drug-likeness (QED) is 0.813. The molecule has 0 fully saturated rings. The van der Waals surface area contributed by atoms with Gasteiger partial charge in [0, 0.05) is 27.2 Å². The molecule has 0 heterocycles. The van der Waals surface area contributed by atoms with Gasteiger partial charge in [0.2, 0.25) is 0 Å². The number of benzene rings is 2. The van der Waals surface area contributed by atoms with Gasteiger partial charge in [-0.1, -0.05) is 22.0 Å². The molecule has 18 heavy (non-hydrogen) atoms. The largest absolute Gasteiger partial charge is 0.508 e. The Morgan fingerprint density at radius 1 is 1.22 bits per heavy atom. The first-order chi connectivity index (χ1) is 8.69. The van der Waals surface area contributed by atoms with E-state index in [2.05, 4.69) is 39.6 Å². The fraction of sp³-hybridized carbons (Fsp3) is 0.143. The third-order valence-electron chi connectivity index (χ3n) is 2.59. The number of hydrogen-bond donors (Lipinski definition) is 2. The molecule has 0 aliphatic carbocycles. The van der Waals surface area contributed by atoms with Crippen LogP contribution in [0.2, 0.25) is 0 Å². The lowest BCUT2D eigenvalue weighted by Crippen LogP contribution is -1.99. The van der Waals surface area contributed by atoms with Crippen LogP contribution in [0.1, 0.15) is 5.56 Å². The summed E-state index contributed by atoms with van der Waals surface area (Å²) in [5.41, 5.74) is 1.93. The van der Waals surface area contributed by atoms with Crippen LogP contribution in [0, 0.1) is 0 Å². The van der Waals surface area contributed by atoms with E-state index in [0.29, 0.717) is 12.3 Å². The minimum absolute atomic E-state index is 0.312. The van der Waals surface area contributed by atoms with E-state index >= 15 is 0 Å². The topological polar surface area (TPSA) is 32.3 Å². The predicted molar refractivity (Wildman–Crippen MR) is 81.4 cm³/mol. The van der Waals surface area contributed by atoms with Crippen LogP contribution in [0.3, 0.4) is 0 Å². The zero-order chi connectivity index (χ0) is 13.0. The molecule has 0 amide bonds. The summed E-state index contributed by atoms with van der Waals surface area (Å²) in [6, 6.07) is 13.7. The first-order valence-electron chi connectivity index (χ1n) is 5.54. The van der Waals surface area contributed by atoms with Crippen molar-refractivity contribution >= 4 is 33.4 Å². The highest BCUT2D eigenvalue weighted by atomic mass is 79.9. The number of nitrogens with one attached hydrogen (secondary N) is 1. The summed E-state index contributed by atoms with van der Waals surface area (Å²) >= 11 is 5.12. The van der Waals surface area contributed by atoms with Gasteiger partial charge in [0.15, 0.2) is 0 Å². The maximum absolute atomic E-state index is 9.75. The van der Waals surface area contributed by atoms with Crippen LogP contribution in [-0.4, -0.2) is 11.4 Å². The van der Waals surface area contributed by atoms with Gasteiger partial charge in [-0.05, 0) is 42.7 Å². The van der Waals surface area contributed by atoms with Crippen molar-refractivity contribution in [2.45, 2.75) is 11.4 Å². The summed E-state index contributed by atoms with van der Waals surface area (Å²) in [6.45, 7) is 0.600. The Bertz CT molecular complexity index is 545. The maximum Gasteiger partial charge on any atom is 0.120 e. The van der Waals surface area contributed by atoms with E-state index in [4.69, 9.17) is 0 Å². The van der Waals surface area contributed by atoms with Crippen LogP contribution >= 0.6 is 27.7 Å².